The fraction of sp³-hybridized carbons (Fsp3) is 0.174. The first-order valence-corrected chi connectivity index (χ1v) is 9.35. The first-order chi connectivity index (χ1) is 13.7. The van der Waals surface area contributed by atoms with Crippen LogP contribution >= 0.6 is 0 Å². The molecule has 0 spiro atoms. The summed E-state index contributed by atoms with van der Waals surface area (Å²) < 4.78 is 19.2. The second-order valence-electron chi connectivity index (χ2n) is 6.74. The summed E-state index contributed by atoms with van der Waals surface area (Å²) in [6.07, 6.45) is 3.43. The smallest absolute Gasteiger partial charge is 0.220 e. The summed E-state index contributed by atoms with van der Waals surface area (Å²) >= 11 is 0. The molecule has 2 heterocycles. The second kappa shape index (κ2) is 8.13. The minimum absolute atomic E-state index is 0.0244. The van der Waals surface area contributed by atoms with Crippen LogP contribution in [-0.2, 0) is 17.6 Å². The molecule has 4 nitrogen and oxygen atoms in total. The Bertz CT molecular complexity index is 1080. The highest BCUT2D eigenvalue weighted by Gasteiger charge is 2.09. The maximum absolute atomic E-state index is 13.4. The van der Waals surface area contributed by atoms with Gasteiger partial charge in [0.05, 0.1) is 0 Å². The van der Waals surface area contributed by atoms with Gasteiger partial charge in [-0.05, 0) is 42.3 Å². The zero-order valence-corrected chi connectivity index (χ0v) is 15.4. The molecule has 2 aromatic carbocycles. The highest BCUT2D eigenvalue weighted by molar-refractivity contribution is 5.83. The molecule has 0 unspecified atom stereocenters. The van der Waals surface area contributed by atoms with Crippen molar-refractivity contribution in [2.24, 2.45) is 0 Å². The summed E-state index contributed by atoms with van der Waals surface area (Å²) in [7, 11) is 0. The van der Waals surface area contributed by atoms with Gasteiger partial charge in [0.1, 0.15) is 17.3 Å². The van der Waals surface area contributed by atoms with Crippen LogP contribution in [0.4, 0.5) is 4.39 Å². The van der Waals surface area contributed by atoms with Gasteiger partial charge in [0.2, 0.25) is 5.91 Å². The molecule has 0 saturated heterocycles. The van der Waals surface area contributed by atoms with Gasteiger partial charge in [0.15, 0.2) is 0 Å². The van der Waals surface area contributed by atoms with Crippen molar-refractivity contribution in [1.29, 1.82) is 0 Å². The quantitative estimate of drug-likeness (QED) is 0.484. The molecule has 0 bridgehead atoms. The van der Waals surface area contributed by atoms with Crippen LogP contribution in [0, 0.1) is 5.82 Å². The van der Waals surface area contributed by atoms with Crippen LogP contribution in [0.1, 0.15) is 17.7 Å². The van der Waals surface area contributed by atoms with Crippen LogP contribution in [0.3, 0.4) is 0 Å². The van der Waals surface area contributed by atoms with E-state index in [1.54, 1.807) is 6.07 Å². The Hall–Kier alpha value is -3.34. The molecule has 142 valence electrons. The lowest BCUT2D eigenvalue weighted by Gasteiger charge is -2.04. The molecule has 28 heavy (non-hydrogen) atoms. The van der Waals surface area contributed by atoms with Crippen molar-refractivity contribution < 1.29 is 13.6 Å². The number of halogens is 1. The number of nitrogens with one attached hydrogen (secondary N) is 2. The number of aromatic amines is 1. The molecule has 0 aliphatic heterocycles. The Morgan fingerprint density at radius 2 is 1.89 bits per heavy atom. The summed E-state index contributed by atoms with van der Waals surface area (Å²) in [5.41, 5.74) is 2.91. The number of fused-ring (bicyclic) bond motifs is 1. The van der Waals surface area contributed by atoms with Crippen molar-refractivity contribution in [3.8, 4) is 11.3 Å². The van der Waals surface area contributed by atoms with E-state index in [2.05, 4.69) is 10.3 Å². The molecule has 4 rings (SSSR count). The predicted octanol–water partition coefficient (Wildman–Crippen LogP) is 4.86. The number of carbonyl (C=O) groups excluding carboxylic acids is 1. The summed E-state index contributed by atoms with van der Waals surface area (Å²) in [5, 5.41) is 3.78. The van der Waals surface area contributed by atoms with Crippen LogP contribution < -0.4 is 5.32 Å². The van der Waals surface area contributed by atoms with Gasteiger partial charge in [-0.25, -0.2) is 4.39 Å². The molecule has 0 saturated carbocycles. The van der Waals surface area contributed by atoms with E-state index in [0.717, 1.165) is 33.6 Å². The number of amides is 1. The normalized spacial score (nSPS) is 11.0. The highest BCUT2D eigenvalue weighted by atomic mass is 19.1. The Morgan fingerprint density at radius 3 is 2.75 bits per heavy atom. The van der Waals surface area contributed by atoms with E-state index in [1.807, 2.05) is 48.7 Å². The number of hydrogen-bond donors (Lipinski definition) is 2. The second-order valence-corrected chi connectivity index (χ2v) is 6.74. The van der Waals surface area contributed by atoms with E-state index in [0.29, 0.717) is 25.8 Å². The molecule has 0 radical (unpaired) electrons. The molecule has 0 aliphatic rings. The van der Waals surface area contributed by atoms with Gasteiger partial charge in [0, 0.05) is 42.0 Å². The van der Waals surface area contributed by atoms with Crippen LogP contribution in [0.25, 0.3) is 22.2 Å². The number of aryl methyl sites for hydroxylation is 1. The molecule has 1 amide bonds. The monoisotopic (exact) mass is 376 g/mol. The lowest BCUT2D eigenvalue weighted by atomic mass is 10.1. The number of carbonyl (C=O) groups is 1. The topological polar surface area (TPSA) is 58.0 Å². The summed E-state index contributed by atoms with van der Waals surface area (Å²) in [6, 6.07) is 18.4. The average molecular weight is 376 g/mol. The number of aromatic nitrogens is 1. The SMILES string of the molecule is O=C(CCc1ccc(-c2ccccc2)o1)NCCc1c[nH]c2ccc(F)cc12. The van der Waals surface area contributed by atoms with Gasteiger partial charge in [0.25, 0.3) is 0 Å². The lowest BCUT2D eigenvalue weighted by molar-refractivity contribution is -0.121. The molecule has 4 aromatic rings. The van der Waals surface area contributed by atoms with E-state index in [1.165, 1.54) is 12.1 Å². The van der Waals surface area contributed by atoms with Gasteiger partial charge in [-0.3, -0.25) is 4.79 Å². The van der Waals surface area contributed by atoms with E-state index in [-0.39, 0.29) is 11.7 Å². The van der Waals surface area contributed by atoms with Crippen molar-refractivity contribution in [3.63, 3.8) is 0 Å². The summed E-state index contributed by atoms with van der Waals surface area (Å²) in [5.74, 6) is 1.32. The third kappa shape index (κ3) is 4.14. The van der Waals surface area contributed by atoms with Crippen LogP contribution in [-0.4, -0.2) is 17.4 Å². The standard InChI is InChI=1S/C23H21FN2O2/c24-18-6-9-21-20(14-18)17(15-26-21)12-13-25-23(27)11-8-19-7-10-22(28-19)16-4-2-1-3-5-16/h1-7,9-10,14-15,26H,8,11-13H2,(H,25,27). The fourth-order valence-corrected chi connectivity index (χ4v) is 3.29. The molecule has 2 aromatic heterocycles. The largest absolute Gasteiger partial charge is 0.461 e. The Balaban J connectivity index is 1.26. The summed E-state index contributed by atoms with van der Waals surface area (Å²) in [4.78, 5) is 15.2. The third-order valence-corrected chi connectivity index (χ3v) is 4.76. The summed E-state index contributed by atoms with van der Waals surface area (Å²) in [6.45, 7) is 0.510. The van der Waals surface area contributed by atoms with Crippen molar-refractivity contribution >= 4 is 16.8 Å². The number of H-pyrrole nitrogens is 1. The number of benzene rings is 2. The molecular weight excluding hydrogens is 355 g/mol. The van der Waals surface area contributed by atoms with Gasteiger partial charge in [-0.2, -0.15) is 0 Å². The minimum atomic E-state index is -0.259. The zero-order chi connectivity index (χ0) is 19.3. The van der Waals surface area contributed by atoms with Crippen molar-refractivity contribution in [1.82, 2.24) is 10.3 Å². The van der Waals surface area contributed by atoms with Gasteiger partial charge < -0.3 is 14.7 Å². The number of rotatable bonds is 7. The van der Waals surface area contributed by atoms with Gasteiger partial charge in [-0.1, -0.05) is 30.3 Å². The maximum Gasteiger partial charge on any atom is 0.220 e. The zero-order valence-electron chi connectivity index (χ0n) is 15.4. The van der Waals surface area contributed by atoms with E-state index in [4.69, 9.17) is 4.42 Å². The molecule has 2 N–H and O–H groups in total. The molecule has 0 atom stereocenters. The van der Waals surface area contributed by atoms with E-state index in [9.17, 15) is 9.18 Å². The Kier molecular flexibility index (Phi) is 5.24. The van der Waals surface area contributed by atoms with Crippen LogP contribution in [0.2, 0.25) is 0 Å². The van der Waals surface area contributed by atoms with Gasteiger partial charge in [-0.15, -0.1) is 0 Å². The molecule has 5 heteroatoms. The minimum Gasteiger partial charge on any atom is -0.461 e. The van der Waals surface area contributed by atoms with Crippen LogP contribution in [0.15, 0.2) is 71.3 Å². The Labute approximate surface area is 162 Å². The lowest BCUT2D eigenvalue weighted by Crippen LogP contribution is -2.25. The number of furan rings is 1. The third-order valence-electron chi connectivity index (χ3n) is 4.76. The van der Waals surface area contributed by atoms with Crippen molar-refractivity contribution in [3.05, 3.63) is 84.0 Å². The van der Waals surface area contributed by atoms with Crippen molar-refractivity contribution in [2.75, 3.05) is 6.54 Å². The highest BCUT2D eigenvalue weighted by Crippen LogP contribution is 2.22. The molecule has 0 fully saturated rings. The maximum atomic E-state index is 13.4. The van der Waals surface area contributed by atoms with Crippen LogP contribution in [0.5, 0.6) is 0 Å². The van der Waals surface area contributed by atoms with Crippen molar-refractivity contribution in [2.45, 2.75) is 19.3 Å². The first kappa shape index (κ1) is 18.0. The van der Waals surface area contributed by atoms with E-state index >= 15 is 0 Å². The molecule has 0 aliphatic carbocycles. The van der Waals surface area contributed by atoms with E-state index < -0.39 is 0 Å². The average Bonchev–Trinajstić information content (AvgIpc) is 3.34. The predicted molar refractivity (Wildman–Crippen MR) is 107 cm³/mol. The first-order valence-electron chi connectivity index (χ1n) is 9.35. The van der Waals surface area contributed by atoms with Gasteiger partial charge >= 0.3 is 0 Å². The molecular formula is C23H21FN2O2. The fourth-order valence-electron chi connectivity index (χ4n) is 3.29. The Morgan fingerprint density at radius 1 is 1.04 bits per heavy atom. The number of hydrogen-bond acceptors (Lipinski definition) is 2.